The molecule has 1 unspecified atom stereocenters. The van der Waals surface area contributed by atoms with Crippen molar-refractivity contribution in [2.45, 2.75) is 19.4 Å². The number of nitrogens with one attached hydrogen (secondary N) is 1. The van der Waals surface area contributed by atoms with Crippen molar-refractivity contribution in [2.75, 3.05) is 0 Å². The summed E-state index contributed by atoms with van der Waals surface area (Å²) in [7, 11) is 0. The minimum Gasteiger partial charge on any atom is -0.343 e. The molecule has 2 rings (SSSR count). The van der Waals surface area contributed by atoms with Crippen LogP contribution in [0.15, 0.2) is 34.2 Å². The molecule has 0 saturated carbocycles. The first kappa shape index (κ1) is 15.6. The average molecular weight is 370 g/mol. The molecule has 1 atom stereocenters. The highest BCUT2D eigenvalue weighted by Crippen LogP contribution is 2.29. The summed E-state index contributed by atoms with van der Waals surface area (Å²) in [6, 6.07) is 4.17. The number of thiazole rings is 1. The lowest BCUT2D eigenvalue weighted by molar-refractivity contribution is -0.385. The highest BCUT2D eigenvalue weighted by atomic mass is 79.9. The SMILES string of the molecule is CCC(NC(=O)c1cccc([N+](=O)[O-])c1Br)c1nccs1. The molecule has 8 heteroatoms. The molecular weight excluding hydrogens is 358 g/mol. The van der Waals surface area contributed by atoms with E-state index in [2.05, 4.69) is 26.2 Å². The Kier molecular flexibility index (Phi) is 5.03. The number of nitro benzene ring substituents is 1. The van der Waals surface area contributed by atoms with Crippen LogP contribution in [0.25, 0.3) is 0 Å². The van der Waals surface area contributed by atoms with Crippen molar-refractivity contribution in [1.82, 2.24) is 10.3 Å². The third-order valence-corrected chi connectivity index (χ3v) is 4.61. The molecule has 6 nitrogen and oxygen atoms in total. The van der Waals surface area contributed by atoms with Gasteiger partial charge in [0.05, 0.1) is 16.5 Å². The number of benzene rings is 1. The number of hydrogen-bond donors (Lipinski definition) is 1. The lowest BCUT2D eigenvalue weighted by Crippen LogP contribution is -2.28. The van der Waals surface area contributed by atoms with Gasteiger partial charge in [0.1, 0.15) is 9.48 Å². The van der Waals surface area contributed by atoms with Crippen LogP contribution in [0.2, 0.25) is 0 Å². The van der Waals surface area contributed by atoms with Gasteiger partial charge < -0.3 is 5.32 Å². The second kappa shape index (κ2) is 6.77. The molecule has 21 heavy (non-hydrogen) atoms. The van der Waals surface area contributed by atoms with Crippen LogP contribution >= 0.6 is 27.3 Å². The first-order valence-corrected chi connectivity index (χ1v) is 7.85. The van der Waals surface area contributed by atoms with Crippen LogP contribution in [0.3, 0.4) is 0 Å². The minimum atomic E-state index is -0.529. The van der Waals surface area contributed by atoms with Crippen LogP contribution in [0.1, 0.15) is 34.8 Å². The molecular formula is C13H12BrN3O3S. The fraction of sp³-hybridized carbons (Fsp3) is 0.231. The fourth-order valence-corrected chi connectivity index (χ4v) is 3.18. The number of nitro groups is 1. The standard InChI is InChI=1S/C13H12BrN3O3S/c1-2-9(13-15-6-7-21-13)16-12(18)8-4-3-5-10(11(8)14)17(19)20/h3-7,9H,2H2,1H3,(H,16,18). The van der Waals surface area contributed by atoms with Crippen LogP contribution in [0, 0.1) is 10.1 Å². The maximum Gasteiger partial charge on any atom is 0.284 e. The molecule has 0 bridgehead atoms. The topological polar surface area (TPSA) is 85.1 Å². The molecule has 110 valence electrons. The second-order valence-corrected chi connectivity index (χ2v) is 5.92. The Morgan fingerprint density at radius 2 is 2.33 bits per heavy atom. The van der Waals surface area contributed by atoms with Crippen molar-refractivity contribution in [2.24, 2.45) is 0 Å². The fourth-order valence-electron chi connectivity index (χ4n) is 1.82. The van der Waals surface area contributed by atoms with Gasteiger partial charge in [-0.05, 0) is 28.4 Å². The van der Waals surface area contributed by atoms with Gasteiger partial charge >= 0.3 is 0 Å². The Labute approximate surface area is 133 Å². The summed E-state index contributed by atoms with van der Waals surface area (Å²) in [5, 5.41) is 16.4. The smallest absolute Gasteiger partial charge is 0.284 e. The molecule has 0 saturated heterocycles. The molecule has 1 aromatic heterocycles. The summed E-state index contributed by atoms with van der Waals surface area (Å²) in [6.45, 7) is 1.94. The maximum atomic E-state index is 12.3. The van der Waals surface area contributed by atoms with E-state index in [1.54, 1.807) is 12.3 Å². The highest BCUT2D eigenvalue weighted by molar-refractivity contribution is 9.10. The first-order valence-electron chi connectivity index (χ1n) is 6.17. The van der Waals surface area contributed by atoms with E-state index in [0.717, 1.165) is 5.01 Å². The molecule has 1 heterocycles. The minimum absolute atomic E-state index is 0.134. The summed E-state index contributed by atoms with van der Waals surface area (Å²) in [5.41, 5.74) is 0.101. The van der Waals surface area contributed by atoms with Gasteiger partial charge in [-0.25, -0.2) is 4.98 Å². The summed E-state index contributed by atoms with van der Waals surface area (Å²) >= 11 is 4.59. The maximum absolute atomic E-state index is 12.3. The van der Waals surface area contributed by atoms with Crippen molar-refractivity contribution in [3.63, 3.8) is 0 Å². The van der Waals surface area contributed by atoms with Crippen molar-refractivity contribution in [1.29, 1.82) is 0 Å². The van der Waals surface area contributed by atoms with Gasteiger partial charge in [0.2, 0.25) is 0 Å². The van der Waals surface area contributed by atoms with E-state index in [4.69, 9.17) is 0 Å². The number of nitrogens with zero attached hydrogens (tertiary/aromatic N) is 2. The van der Waals surface area contributed by atoms with Gasteiger partial charge in [-0.3, -0.25) is 14.9 Å². The summed E-state index contributed by atoms with van der Waals surface area (Å²) in [4.78, 5) is 26.9. The van der Waals surface area contributed by atoms with E-state index in [-0.39, 0.29) is 27.7 Å². The summed E-state index contributed by atoms with van der Waals surface area (Å²) in [5.74, 6) is -0.368. The largest absolute Gasteiger partial charge is 0.343 e. The monoisotopic (exact) mass is 369 g/mol. The number of rotatable bonds is 5. The number of carbonyl (C=O) groups is 1. The Balaban J connectivity index is 2.24. The number of hydrogen-bond acceptors (Lipinski definition) is 5. The van der Waals surface area contributed by atoms with Crippen LogP contribution in [0.4, 0.5) is 5.69 Å². The first-order chi connectivity index (χ1) is 10.0. The van der Waals surface area contributed by atoms with Crippen molar-refractivity contribution in [3.8, 4) is 0 Å². The molecule has 0 aliphatic heterocycles. The molecule has 0 aliphatic rings. The predicted molar refractivity (Wildman–Crippen MR) is 83.4 cm³/mol. The zero-order valence-corrected chi connectivity index (χ0v) is 13.5. The van der Waals surface area contributed by atoms with E-state index in [1.807, 2.05) is 12.3 Å². The van der Waals surface area contributed by atoms with E-state index in [0.29, 0.717) is 6.42 Å². The van der Waals surface area contributed by atoms with Crippen molar-refractivity contribution >= 4 is 38.9 Å². The number of amides is 1. The Morgan fingerprint density at radius 1 is 1.57 bits per heavy atom. The molecule has 0 aliphatic carbocycles. The molecule has 2 aromatic rings. The summed E-state index contributed by atoms with van der Waals surface area (Å²) in [6.07, 6.45) is 2.36. The average Bonchev–Trinajstić information content (AvgIpc) is 2.98. The van der Waals surface area contributed by atoms with Gasteiger partial charge in [0, 0.05) is 17.6 Å². The van der Waals surface area contributed by atoms with E-state index < -0.39 is 4.92 Å². The number of halogens is 1. The third-order valence-electron chi connectivity index (χ3n) is 2.88. The zero-order chi connectivity index (χ0) is 15.4. The highest BCUT2D eigenvalue weighted by Gasteiger charge is 2.22. The normalized spacial score (nSPS) is 11.9. The quantitative estimate of drug-likeness (QED) is 0.643. The zero-order valence-electron chi connectivity index (χ0n) is 11.1. The third kappa shape index (κ3) is 3.45. The van der Waals surface area contributed by atoms with E-state index in [1.165, 1.54) is 23.5 Å². The molecule has 0 fully saturated rings. The van der Waals surface area contributed by atoms with Crippen LogP contribution < -0.4 is 5.32 Å². The van der Waals surface area contributed by atoms with Gasteiger partial charge in [-0.15, -0.1) is 11.3 Å². The lowest BCUT2D eigenvalue weighted by atomic mass is 10.1. The molecule has 0 spiro atoms. The Bertz CT molecular complexity index is 661. The Morgan fingerprint density at radius 3 is 2.90 bits per heavy atom. The Hall–Kier alpha value is -1.80. The van der Waals surface area contributed by atoms with E-state index >= 15 is 0 Å². The van der Waals surface area contributed by atoms with Crippen molar-refractivity contribution < 1.29 is 9.72 Å². The molecule has 0 radical (unpaired) electrons. The molecule has 1 aromatic carbocycles. The number of aromatic nitrogens is 1. The van der Waals surface area contributed by atoms with E-state index in [9.17, 15) is 14.9 Å². The predicted octanol–water partition coefficient (Wildman–Crippen LogP) is 3.69. The van der Waals surface area contributed by atoms with Gasteiger partial charge in [0.25, 0.3) is 11.6 Å². The van der Waals surface area contributed by atoms with Crippen molar-refractivity contribution in [3.05, 3.63) is 54.9 Å². The molecule has 1 N–H and O–H groups in total. The van der Waals surface area contributed by atoms with Gasteiger partial charge in [-0.1, -0.05) is 13.0 Å². The van der Waals surface area contributed by atoms with Gasteiger partial charge in [-0.2, -0.15) is 0 Å². The second-order valence-electron chi connectivity index (χ2n) is 4.20. The number of carbonyl (C=O) groups excluding carboxylic acids is 1. The lowest BCUT2D eigenvalue weighted by Gasteiger charge is -2.15. The molecule has 1 amide bonds. The van der Waals surface area contributed by atoms with Crippen LogP contribution in [-0.4, -0.2) is 15.8 Å². The van der Waals surface area contributed by atoms with Crippen LogP contribution in [0.5, 0.6) is 0 Å². The van der Waals surface area contributed by atoms with Crippen LogP contribution in [-0.2, 0) is 0 Å². The summed E-state index contributed by atoms with van der Waals surface area (Å²) < 4.78 is 0.182. The van der Waals surface area contributed by atoms with Gasteiger partial charge in [0.15, 0.2) is 0 Å².